The average Bonchev–Trinajstić information content (AvgIpc) is 2.99. The van der Waals surface area contributed by atoms with Crippen LogP contribution in [0.3, 0.4) is 0 Å². The molecule has 1 atom stereocenters. The Kier molecular flexibility index (Phi) is 10.9. The Morgan fingerprint density at radius 3 is 2.31 bits per heavy atom. The van der Waals surface area contributed by atoms with Crippen molar-refractivity contribution in [3.05, 3.63) is 87.9 Å². The lowest BCUT2D eigenvalue weighted by Gasteiger charge is -2.33. The summed E-state index contributed by atoms with van der Waals surface area (Å²) in [4.78, 5) is 28.9. The third-order valence-electron chi connectivity index (χ3n) is 7.41. The van der Waals surface area contributed by atoms with Gasteiger partial charge in [-0.25, -0.2) is 8.42 Å². The highest BCUT2D eigenvalue weighted by Gasteiger charge is 2.33. The average molecular weight is 677 g/mol. The van der Waals surface area contributed by atoms with Gasteiger partial charge in [0.05, 0.1) is 17.7 Å². The second-order valence-corrected chi connectivity index (χ2v) is 13.5. The number of hydrogen-bond acceptors (Lipinski definition) is 5. The van der Waals surface area contributed by atoms with E-state index in [1.54, 1.807) is 37.3 Å². The number of halogens is 2. The molecule has 3 aromatic carbocycles. The molecule has 0 heterocycles. The van der Waals surface area contributed by atoms with E-state index in [1.807, 2.05) is 24.3 Å². The highest BCUT2D eigenvalue weighted by Crippen LogP contribution is 2.28. The molecule has 8 nitrogen and oxygen atoms in total. The predicted octanol–water partition coefficient (Wildman–Crippen LogP) is 6.17. The van der Waals surface area contributed by atoms with Crippen molar-refractivity contribution in [3.63, 3.8) is 0 Å². The lowest BCUT2D eigenvalue weighted by molar-refractivity contribution is -0.139. The first kappa shape index (κ1) is 31.8. The van der Waals surface area contributed by atoms with E-state index in [0.29, 0.717) is 10.8 Å². The fourth-order valence-electron chi connectivity index (χ4n) is 4.97. The Morgan fingerprint density at radius 2 is 1.69 bits per heavy atom. The zero-order valence-electron chi connectivity index (χ0n) is 23.6. The van der Waals surface area contributed by atoms with E-state index >= 15 is 0 Å². The Labute approximate surface area is 261 Å². The van der Waals surface area contributed by atoms with Crippen molar-refractivity contribution in [2.45, 2.75) is 62.6 Å². The van der Waals surface area contributed by atoms with Gasteiger partial charge in [-0.15, -0.1) is 0 Å². The van der Waals surface area contributed by atoms with Crippen LogP contribution in [0.5, 0.6) is 5.75 Å². The molecule has 0 aromatic heterocycles. The minimum Gasteiger partial charge on any atom is -0.497 e. The molecular formula is C31H35BrClN3O5S. The summed E-state index contributed by atoms with van der Waals surface area (Å²) in [6.45, 7) is 1.26. The van der Waals surface area contributed by atoms with Crippen LogP contribution in [0.4, 0.5) is 5.69 Å². The van der Waals surface area contributed by atoms with E-state index in [-0.39, 0.29) is 29.1 Å². The first-order chi connectivity index (χ1) is 20.1. The Morgan fingerprint density at radius 1 is 1.02 bits per heavy atom. The van der Waals surface area contributed by atoms with Gasteiger partial charge in [0.25, 0.3) is 10.0 Å². The van der Waals surface area contributed by atoms with Gasteiger partial charge in [0.15, 0.2) is 0 Å². The van der Waals surface area contributed by atoms with Gasteiger partial charge in [-0.05, 0) is 79.9 Å². The first-order valence-electron chi connectivity index (χ1n) is 13.8. The maximum atomic E-state index is 14.1. The van der Waals surface area contributed by atoms with E-state index in [9.17, 15) is 18.0 Å². The van der Waals surface area contributed by atoms with Gasteiger partial charge >= 0.3 is 0 Å². The number of hydrogen-bond donors (Lipinski definition) is 1. The van der Waals surface area contributed by atoms with Gasteiger partial charge in [-0.3, -0.25) is 13.9 Å². The number of sulfonamides is 1. The summed E-state index contributed by atoms with van der Waals surface area (Å²) in [5.41, 5.74) is 1.03. The molecule has 1 saturated carbocycles. The SMILES string of the molecule is COc1ccc(S(=O)(=O)N(CC(=O)N(Cc2ccc(Br)cc2)[C@H](C)C(=O)NC2CCCCC2)c2cccc(Cl)c2)cc1. The molecule has 0 unspecified atom stereocenters. The number of methoxy groups -OCH3 is 1. The van der Waals surface area contributed by atoms with Crippen LogP contribution < -0.4 is 14.4 Å². The Bertz CT molecular complexity index is 1480. The number of amides is 2. The molecule has 224 valence electrons. The monoisotopic (exact) mass is 675 g/mol. The molecule has 1 aliphatic rings. The molecule has 1 aliphatic carbocycles. The van der Waals surface area contributed by atoms with Gasteiger partial charge in [-0.2, -0.15) is 0 Å². The molecule has 2 amide bonds. The minimum atomic E-state index is -4.21. The maximum Gasteiger partial charge on any atom is 0.264 e. The number of nitrogens with zero attached hydrogens (tertiary/aromatic N) is 2. The van der Waals surface area contributed by atoms with Crippen LogP contribution in [0.15, 0.2) is 82.2 Å². The van der Waals surface area contributed by atoms with E-state index < -0.39 is 28.5 Å². The molecule has 0 aliphatic heterocycles. The highest BCUT2D eigenvalue weighted by atomic mass is 79.9. The number of anilines is 1. The van der Waals surface area contributed by atoms with Crippen LogP contribution in [-0.4, -0.2) is 50.9 Å². The lowest BCUT2D eigenvalue weighted by Crippen LogP contribution is -2.53. The summed E-state index contributed by atoms with van der Waals surface area (Å²) < 4.78 is 35.0. The maximum absolute atomic E-state index is 14.1. The topological polar surface area (TPSA) is 96.0 Å². The molecular weight excluding hydrogens is 642 g/mol. The smallest absolute Gasteiger partial charge is 0.264 e. The van der Waals surface area contributed by atoms with Gasteiger partial charge in [-0.1, -0.05) is 65.0 Å². The third kappa shape index (κ3) is 8.05. The van der Waals surface area contributed by atoms with Gasteiger partial charge in [0.1, 0.15) is 18.3 Å². The standard InChI is InChI=1S/C31H35BrClN3O5S/c1-22(31(38)34-26-8-4-3-5-9-26)35(20-23-11-13-24(32)14-12-23)30(37)21-36(27-10-6-7-25(33)19-27)42(39,40)29-17-15-28(41-2)16-18-29/h6-7,10-19,22,26H,3-5,8-9,20-21H2,1-2H3,(H,34,38)/t22-/m1/s1. The number of benzene rings is 3. The molecule has 0 bridgehead atoms. The zero-order chi connectivity index (χ0) is 30.3. The molecule has 1 fully saturated rings. The summed E-state index contributed by atoms with van der Waals surface area (Å²) in [6, 6.07) is 18.9. The van der Waals surface area contributed by atoms with Crippen molar-refractivity contribution >= 4 is 55.1 Å². The normalized spacial score (nSPS) is 14.6. The summed E-state index contributed by atoms with van der Waals surface area (Å²) in [7, 11) is -2.71. The van der Waals surface area contributed by atoms with E-state index in [1.165, 1.54) is 30.2 Å². The number of rotatable bonds is 11. The van der Waals surface area contributed by atoms with Crippen molar-refractivity contribution in [2.75, 3.05) is 18.0 Å². The van der Waals surface area contributed by atoms with Crippen LogP contribution in [0, 0.1) is 0 Å². The van der Waals surface area contributed by atoms with Gasteiger partial charge < -0.3 is 15.0 Å². The number of carbonyl (C=O) groups is 2. The second-order valence-electron chi connectivity index (χ2n) is 10.3. The fraction of sp³-hybridized carbons (Fsp3) is 0.355. The minimum absolute atomic E-state index is 0.0152. The van der Waals surface area contributed by atoms with Gasteiger partial charge in [0, 0.05) is 22.1 Å². The molecule has 11 heteroatoms. The summed E-state index contributed by atoms with van der Waals surface area (Å²) in [5, 5.41) is 3.43. The van der Waals surface area contributed by atoms with Crippen LogP contribution >= 0.6 is 27.5 Å². The zero-order valence-corrected chi connectivity index (χ0v) is 26.8. The first-order valence-corrected chi connectivity index (χ1v) is 16.5. The summed E-state index contributed by atoms with van der Waals surface area (Å²) in [5.74, 6) is -0.293. The van der Waals surface area contributed by atoms with Crippen molar-refractivity contribution in [3.8, 4) is 5.75 Å². The lowest BCUT2D eigenvalue weighted by atomic mass is 9.95. The predicted molar refractivity (Wildman–Crippen MR) is 168 cm³/mol. The van der Waals surface area contributed by atoms with E-state index in [0.717, 1.165) is 46.4 Å². The molecule has 3 aromatic rings. The second kappa shape index (κ2) is 14.4. The van der Waals surface area contributed by atoms with Crippen LogP contribution in [0.25, 0.3) is 0 Å². The van der Waals surface area contributed by atoms with E-state index in [2.05, 4.69) is 21.2 Å². The largest absolute Gasteiger partial charge is 0.497 e. The van der Waals surface area contributed by atoms with E-state index in [4.69, 9.17) is 16.3 Å². The number of carbonyl (C=O) groups excluding carboxylic acids is 2. The van der Waals surface area contributed by atoms with Crippen molar-refractivity contribution in [1.82, 2.24) is 10.2 Å². The molecule has 42 heavy (non-hydrogen) atoms. The molecule has 0 saturated heterocycles. The Hall–Kier alpha value is -3.08. The molecule has 1 N–H and O–H groups in total. The van der Waals surface area contributed by atoms with Gasteiger partial charge in [0.2, 0.25) is 11.8 Å². The fourth-order valence-corrected chi connectivity index (χ4v) is 6.83. The van der Waals surface area contributed by atoms with Crippen LogP contribution in [0.2, 0.25) is 5.02 Å². The third-order valence-corrected chi connectivity index (χ3v) is 9.96. The summed E-state index contributed by atoms with van der Waals surface area (Å²) >= 11 is 9.67. The van der Waals surface area contributed by atoms with Crippen LogP contribution in [0.1, 0.15) is 44.6 Å². The highest BCUT2D eigenvalue weighted by molar-refractivity contribution is 9.10. The van der Waals surface area contributed by atoms with Crippen LogP contribution in [-0.2, 0) is 26.2 Å². The van der Waals surface area contributed by atoms with Crippen molar-refractivity contribution in [2.24, 2.45) is 0 Å². The van der Waals surface area contributed by atoms with Crippen molar-refractivity contribution in [1.29, 1.82) is 0 Å². The molecule has 0 radical (unpaired) electrons. The number of nitrogens with one attached hydrogen (secondary N) is 1. The molecule has 4 rings (SSSR count). The summed E-state index contributed by atoms with van der Waals surface area (Å²) in [6.07, 6.45) is 5.07. The Balaban J connectivity index is 1.67. The quantitative estimate of drug-likeness (QED) is 0.262. The van der Waals surface area contributed by atoms with Crippen molar-refractivity contribution < 1.29 is 22.7 Å². The number of ether oxygens (including phenoxy) is 1. The molecule has 0 spiro atoms.